The molecule has 2 N–H and O–H groups in total. The summed E-state index contributed by atoms with van der Waals surface area (Å²) in [6.07, 6.45) is -2.98. The number of nitrogens with one attached hydrogen (secondary N) is 2. The third-order valence-electron chi connectivity index (χ3n) is 3.95. The maximum Gasteiger partial charge on any atom is 0.573 e. The van der Waals surface area contributed by atoms with Crippen LogP contribution < -0.4 is 10.1 Å². The molecule has 0 aliphatic carbocycles. The molecule has 6 nitrogen and oxygen atoms in total. The molecule has 0 atom stereocenters. The summed E-state index contributed by atoms with van der Waals surface area (Å²) in [6.45, 7) is 0. The Morgan fingerprint density at radius 2 is 1.85 bits per heavy atom. The number of hydrogen-bond acceptors (Lipinski definition) is 4. The molecular formula is C18H14F3N5O. The molecule has 0 radical (unpaired) electrons. The van der Waals surface area contributed by atoms with E-state index in [-0.39, 0.29) is 5.75 Å². The molecule has 138 valence electrons. The number of fused-ring (bicyclic) bond motifs is 1. The SMILES string of the molecule is Cn1nccc1-c1ccc2[nH]c(Nc3ccc(OC(F)(F)F)cc3)nc2c1. The summed E-state index contributed by atoms with van der Waals surface area (Å²) in [6, 6.07) is 13.2. The standard InChI is InChI=1S/C18H14F3N5O/c1-26-16(8-9-22-26)11-2-7-14-15(10-11)25-17(24-14)23-12-3-5-13(6-4-12)27-18(19,20)21/h2-10H,1H3,(H2,23,24,25). The Morgan fingerprint density at radius 1 is 1.07 bits per heavy atom. The van der Waals surface area contributed by atoms with Crippen molar-refractivity contribution < 1.29 is 17.9 Å². The van der Waals surface area contributed by atoms with Crippen LogP contribution in [0.5, 0.6) is 5.75 Å². The van der Waals surface area contributed by atoms with Gasteiger partial charge in [0.15, 0.2) is 0 Å². The molecular weight excluding hydrogens is 359 g/mol. The number of nitrogens with zero attached hydrogens (tertiary/aromatic N) is 3. The van der Waals surface area contributed by atoms with E-state index in [0.29, 0.717) is 11.6 Å². The largest absolute Gasteiger partial charge is 0.573 e. The van der Waals surface area contributed by atoms with Crippen molar-refractivity contribution in [1.29, 1.82) is 0 Å². The summed E-state index contributed by atoms with van der Waals surface area (Å²) in [4.78, 5) is 7.61. The average Bonchev–Trinajstić information content (AvgIpc) is 3.20. The van der Waals surface area contributed by atoms with Crippen LogP contribution in [0.1, 0.15) is 0 Å². The predicted octanol–water partition coefficient (Wildman–Crippen LogP) is 4.61. The lowest BCUT2D eigenvalue weighted by atomic mass is 10.1. The Labute approximate surface area is 151 Å². The topological polar surface area (TPSA) is 67.8 Å². The lowest BCUT2D eigenvalue weighted by molar-refractivity contribution is -0.274. The molecule has 0 aliphatic rings. The van der Waals surface area contributed by atoms with Gasteiger partial charge in [0.25, 0.3) is 0 Å². The first-order valence-electron chi connectivity index (χ1n) is 7.98. The van der Waals surface area contributed by atoms with E-state index in [1.54, 1.807) is 10.9 Å². The summed E-state index contributed by atoms with van der Waals surface area (Å²) in [5.41, 5.74) is 4.12. The van der Waals surface area contributed by atoms with Crippen molar-refractivity contribution in [3.05, 3.63) is 54.7 Å². The first kappa shape index (κ1) is 17.0. The number of alkyl halides is 3. The quantitative estimate of drug-likeness (QED) is 0.548. The summed E-state index contributed by atoms with van der Waals surface area (Å²) >= 11 is 0. The molecule has 0 saturated carbocycles. The highest BCUT2D eigenvalue weighted by atomic mass is 19.4. The van der Waals surface area contributed by atoms with Gasteiger partial charge in [-0.25, -0.2) is 4.98 Å². The van der Waals surface area contributed by atoms with E-state index in [4.69, 9.17) is 0 Å². The van der Waals surface area contributed by atoms with E-state index >= 15 is 0 Å². The number of rotatable bonds is 4. The van der Waals surface area contributed by atoms with Crippen LogP contribution in [-0.4, -0.2) is 26.1 Å². The molecule has 0 fully saturated rings. The zero-order valence-electron chi connectivity index (χ0n) is 14.1. The van der Waals surface area contributed by atoms with Crippen molar-refractivity contribution in [2.75, 3.05) is 5.32 Å². The normalized spacial score (nSPS) is 11.7. The monoisotopic (exact) mass is 373 g/mol. The third kappa shape index (κ3) is 3.71. The van der Waals surface area contributed by atoms with Crippen LogP contribution in [0.2, 0.25) is 0 Å². The minimum atomic E-state index is -4.71. The molecule has 0 amide bonds. The van der Waals surface area contributed by atoms with Crippen molar-refractivity contribution in [2.24, 2.45) is 7.05 Å². The van der Waals surface area contributed by atoms with Crippen molar-refractivity contribution in [2.45, 2.75) is 6.36 Å². The van der Waals surface area contributed by atoms with E-state index in [9.17, 15) is 13.2 Å². The number of benzene rings is 2. The highest BCUT2D eigenvalue weighted by Gasteiger charge is 2.30. The van der Waals surface area contributed by atoms with E-state index in [0.717, 1.165) is 22.3 Å². The first-order valence-corrected chi connectivity index (χ1v) is 7.98. The van der Waals surface area contributed by atoms with Crippen LogP contribution in [0.15, 0.2) is 54.7 Å². The molecule has 2 aromatic heterocycles. The first-order chi connectivity index (χ1) is 12.9. The van der Waals surface area contributed by atoms with Gasteiger partial charge in [-0.2, -0.15) is 5.10 Å². The van der Waals surface area contributed by atoms with Crippen molar-refractivity contribution in [3.63, 3.8) is 0 Å². The average molecular weight is 373 g/mol. The zero-order chi connectivity index (χ0) is 19.0. The van der Waals surface area contributed by atoms with Gasteiger partial charge in [0, 0.05) is 24.5 Å². The van der Waals surface area contributed by atoms with Crippen LogP contribution in [0.4, 0.5) is 24.8 Å². The molecule has 4 aromatic rings. The Morgan fingerprint density at radius 3 is 2.52 bits per heavy atom. The number of hydrogen-bond donors (Lipinski definition) is 2. The molecule has 0 unspecified atom stereocenters. The van der Waals surface area contributed by atoms with E-state index in [2.05, 4.69) is 25.1 Å². The highest BCUT2D eigenvalue weighted by Crippen LogP contribution is 2.27. The van der Waals surface area contributed by atoms with Gasteiger partial charge in [-0.3, -0.25) is 4.68 Å². The summed E-state index contributed by atoms with van der Waals surface area (Å²) in [5.74, 6) is 0.204. The Balaban J connectivity index is 1.55. The smallest absolute Gasteiger partial charge is 0.406 e. The van der Waals surface area contributed by atoms with Crippen molar-refractivity contribution >= 4 is 22.7 Å². The van der Waals surface area contributed by atoms with Gasteiger partial charge < -0.3 is 15.0 Å². The van der Waals surface area contributed by atoms with Crippen LogP contribution in [-0.2, 0) is 7.05 Å². The number of halogens is 3. The highest BCUT2D eigenvalue weighted by molar-refractivity contribution is 5.83. The maximum absolute atomic E-state index is 12.2. The van der Waals surface area contributed by atoms with Gasteiger partial charge in [-0.15, -0.1) is 13.2 Å². The molecule has 2 aromatic carbocycles. The number of aromatic amines is 1. The minimum absolute atomic E-state index is 0.279. The third-order valence-corrected chi connectivity index (χ3v) is 3.95. The van der Waals surface area contributed by atoms with Crippen molar-refractivity contribution in [3.8, 4) is 17.0 Å². The molecule has 27 heavy (non-hydrogen) atoms. The van der Waals surface area contributed by atoms with Gasteiger partial charge in [0.1, 0.15) is 5.75 Å². The second-order valence-corrected chi connectivity index (χ2v) is 5.85. The van der Waals surface area contributed by atoms with Gasteiger partial charge in [0.05, 0.1) is 16.7 Å². The summed E-state index contributed by atoms with van der Waals surface area (Å²) < 4.78 is 42.3. The second-order valence-electron chi connectivity index (χ2n) is 5.85. The van der Waals surface area contributed by atoms with Gasteiger partial charge in [0.2, 0.25) is 5.95 Å². The summed E-state index contributed by atoms with van der Waals surface area (Å²) in [5, 5.41) is 7.19. The Kier molecular flexibility index (Phi) is 3.98. The molecule has 0 saturated heterocycles. The Hall–Kier alpha value is -3.49. The fourth-order valence-electron chi connectivity index (χ4n) is 2.76. The number of imidazole rings is 1. The number of anilines is 2. The number of ether oxygens (including phenoxy) is 1. The molecule has 0 spiro atoms. The van der Waals surface area contributed by atoms with Crippen LogP contribution >= 0.6 is 0 Å². The van der Waals surface area contributed by atoms with Gasteiger partial charge >= 0.3 is 6.36 Å². The number of aryl methyl sites for hydroxylation is 1. The van der Waals surface area contributed by atoms with Crippen LogP contribution in [0.3, 0.4) is 0 Å². The van der Waals surface area contributed by atoms with Gasteiger partial charge in [-0.1, -0.05) is 6.07 Å². The number of aromatic nitrogens is 4. The van der Waals surface area contributed by atoms with Crippen molar-refractivity contribution in [1.82, 2.24) is 19.7 Å². The lowest BCUT2D eigenvalue weighted by Crippen LogP contribution is -2.16. The fraction of sp³-hybridized carbons (Fsp3) is 0.111. The molecule has 0 bridgehead atoms. The van der Waals surface area contributed by atoms with Gasteiger partial charge in [-0.05, 0) is 42.5 Å². The fourth-order valence-corrected chi connectivity index (χ4v) is 2.76. The summed E-state index contributed by atoms with van der Waals surface area (Å²) in [7, 11) is 1.86. The van der Waals surface area contributed by atoms with Crippen LogP contribution in [0, 0.1) is 0 Å². The predicted molar refractivity (Wildman–Crippen MR) is 94.7 cm³/mol. The zero-order valence-corrected chi connectivity index (χ0v) is 14.1. The Bertz CT molecular complexity index is 1080. The van der Waals surface area contributed by atoms with E-state index in [1.165, 1.54) is 24.3 Å². The molecule has 4 rings (SSSR count). The molecule has 9 heteroatoms. The van der Waals surface area contributed by atoms with E-state index in [1.807, 2.05) is 31.3 Å². The van der Waals surface area contributed by atoms with Crippen LogP contribution in [0.25, 0.3) is 22.3 Å². The lowest BCUT2D eigenvalue weighted by Gasteiger charge is -2.09. The van der Waals surface area contributed by atoms with E-state index < -0.39 is 6.36 Å². The minimum Gasteiger partial charge on any atom is -0.406 e. The number of H-pyrrole nitrogens is 1. The molecule has 2 heterocycles. The second kappa shape index (κ2) is 6.35. The maximum atomic E-state index is 12.2. The molecule has 0 aliphatic heterocycles.